The van der Waals surface area contributed by atoms with Crippen molar-refractivity contribution in [3.63, 3.8) is 0 Å². The van der Waals surface area contributed by atoms with E-state index in [1.807, 2.05) is 44.2 Å². The molecule has 0 aliphatic heterocycles. The fourth-order valence-electron chi connectivity index (χ4n) is 2.67. The molecule has 0 aliphatic carbocycles. The minimum Gasteiger partial charge on any atom is -0.457 e. The number of para-hydroxylation sites is 1. The van der Waals surface area contributed by atoms with Gasteiger partial charge >= 0.3 is 5.97 Å². The molecule has 2 aromatic carbocycles. The first kappa shape index (κ1) is 25.4. The van der Waals surface area contributed by atoms with E-state index >= 15 is 0 Å². The predicted octanol–water partition coefficient (Wildman–Crippen LogP) is 8.00. The summed E-state index contributed by atoms with van der Waals surface area (Å²) in [6.07, 6.45) is -0.179. The third kappa shape index (κ3) is 8.33. The standard InChI is InChI=1S/C22H21Br4NO3/c1-21(2,19(23)12-22(24,25)26)13-20(28)30-18(14-27)15-7-6-10-17(11-15)29-16-8-4-3-5-9-16/h3-11,18-19H,12-13H2,1-2H3. The van der Waals surface area contributed by atoms with Crippen LogP contribution in [0.1, 0.15) is 38.4 Å². The Hall–Kier alpha value is -0.880. The van der Waals surface area contributed by atoms with Gasteiger partial charge in [0.1, 0.15) is 19.7 Å². The van der Waals surface area contributed by atoms with Gasteiger partial charge in [-0.15, -0.1) is 0 Å². The van der Waals surface area contributed by atoms with E-state index in [2.05, 4.69) is 69.8 Å². The first-order chi connectivity index (χ1) is 14.0. The molecule has 0 fully saturated rings. The first-order valence-corrected chi connectivity index (χ1v) is 12.4. The third-order valence-electron chi connectivity index (χ3n) is 4.36. The molecule has 0 saturated heterocycles. The van der Waals surface area contributed by atoms with Gasteiger partial charge in [-0.05, 0) is 36.1 Å². The highest BCUT2D eigenvalue weighted by Gasteiger charge is 2.36. The van der Waals surface area contributed by atoms with Gasteiger partial charge in [-0.2, -0.15) is 5.26 Å². The average Bonchev–Trinajstić information content (AvgIpc) is 2.65. The molecule has 2 aromatic rings. The smallest absolute Gasteiger partial charge is 0.308 e. The van der Waals surface area contributed by atoms with Gasteiger partial charge in [0.05, 0.1) is 6.42 Å². The largest absolute Gasteiger partial charge is 0.457 e. The highest BCUT2D eigenvalue weighted by Crippen LogP contribution is 2.45. The van der Waals surface area contributed by atoms with Crippen LogP contribution in [0.4, 0.5) is 0 Å². The van der Waals surface area contributed by atoms with E-state index in [1.165, 1.54) is 0 Å². The molecule has 0 saturated carbocycles. The van der Waals surface area contributed by atoms with Crippen molar-refractivity contribution in [3.8, 4) is 17.6 Å². The van der Waals surface area contributed by atoms with Crippen molar-refractivity contribution in [2.45, 2.75) is 39.8 Å². The molecule has 0 amide bonds. The Morgan fingerprint density at radius 2 is 1.70 bits per heavy atom. The molecule has 4 nitrogen and oxygen atoms in total. The summed E-state index contributed by atoms with van der Waals surface area (Å²) in [5.74, 6) is 0.820. The van der Waals surface area contributed by atoms with Gasteiger partial charge in [0.15, 0.2) is 0 Å². The van der Waals surface area contributed by atoms with E-state index in [4.69, 9.17) is 9.47 Å². The number of carbonyl (C=O) groups excluding carboxylic acids is 1. The number of hydrogen-bond acceptors (Lipinski definition) is 4. The molecule has 0 N–H and O–H groups in total. The molecule has 0 radical (unpaired) electrons. The Balaban J connectivity index is 2.05. The summed E-state index contributed by atoms with van der Waals surface area (Å²) in [6.45, 7) is 3.95. The number of esters is 1. The summed E-state index contributed by atoms with van der Waals surface area (Å²) in [5, 5.41) is 9.57. The van der Waals surface area contributed by atoms with Crippen LogP contribution in [0.15, 0.2) is 54.6 Å². The normalized spacial score (nSPS) is 13.8. The van der Waals surface area contributed by atoms with E-state index in [0.29, 0.717) is 23.5 Å². The second-order valence-corrected chi connectivity index (χ2v) is 15.8. The number of benzene rings is 2. The van der Waals surface area contributed by atoms with Crippen molar-refractivity contribution in [2.75, 3.05) is 0 Å². The zero-order chi connectivity index (χ0) is 22.4. The molecule has 0 aromatic heterocycles. The Morgan fingerprint density at radius 3 is 2.30 bits per heavy atom. The fraction of sp³-hybridized carbons (Fsp3) is 0.364. The van der Waals surface area contributed by atoms with Crippen molar-refractivity contribution >= 4 is 69.7 Å². The summed E-state index contributed by atoms with van der Waals surface area (Å²) in [6, 6.07) is 18.4. The molecular weight excluding hydrogens is 646 g/mol. The Labute approximate surface area is 210 Å². The molecule has 8 heteroatoms. The number of rotatable bonds is 8. The van der Waals surface area contributed by atoms with Crippen LogP contribution in [0.25, 0.3) is 0 Å². The van der Waals surface area contributed by atoms with E-state index in [-0.39, 0.29) is 11.2 Å². The van der Waals surface area contributed by atoms with Crippen LogP contribution >= 0.6 is 63.7 Å². The van der Waals surface area contributed by atoms with Crippen molar-refractivity contribution in [1.29, 1.82) is 5.26 Å². The van der Waals surface area contributed by atoms with E-state index in [1.54, 1.807) is 24.3 Å². The molecule has 0 spiro atoms. The number of ether oxygens (including phenoxy) is 2. The number of nitriles is 1. The van der Waals surface area contributed by atoms with Gasteiger partial charge in [-0.3, -0.25) is 4.79 Å². The van der Waals surface area contributed by atoms with Crippen LogP contribution in [-0.2, 0) is 9.53 Å². The maximum atomic E-state index is 12.6. The van der Waals surface area contributed by atoms with Crippen LogP contribution in [0.5, 0.6) is 11.5 Å². The summed E-state index contributed by atoms with van der Waals surface area (Å²) in [7, 11) is 0. The monoisotopic (exact) mass is 663 g/mol. The molecule has 0 heterocycles. The van der Waals surface area contributed by atoms with Gasteiger partial charge in [-0.25, -0.2) is 0 Å². The second-order valence-electron chi connectivity index (χ2n) is 7.44. The second kappa shape index (κ2) is 11.1. The lowest BCUT2D eigenvalue weighted by molar-refractivity contribution is -0.149. The minimum absolute atomic E-state index is 0.0128. The number of alkyl halides is 4. The van der Waals surface area contributed by atoms with Crippen LogP contribution in [0, 0.1) is 16.7 Å². The summed E-state index contributed by atoms with van der Waals surface area (Å²) in [4.78, 5) is 12.6. The number of halogens is 4. The van der Waals surface area contributed by atoms with Crippen LogP contribution in [0.2, 0.25) is 0 Å². The van der Waals surface area contributed by atoms with Crippen molar-refractivity contribution in [3.05, 3.63) is 60.2 Å². The van der Waals surface area contributed by atoms with Gasteiger partial charge < -0.3 is 9.47 Å². The van der Waals surface area contributed by atoms with E-state index in [9.17, 15) is 10.1 Å². The molecular formula is C22H21Br4NO3. The highest BCUT2D eigenvalue weighted by molar-refractivity contribution is 9.39. The molecule has 2 rings (SSSR count). The van der Waals surface area contributed by atoms with Gasteiger partial charge in [0.2, 0.25) is 6.10 Å². The van der Waals surface area contributed by atoms with Gasteiger partial charge in [-0.1, -0.05) is 108 Å². The van der Waals surface area contributed by atoms with Crippen LogP contribution in [0.3, 0.4) is 0 Å². The van der Waals surface area contributed by atoms with Crippen LogP contribution < -0.4 is 4.74 Å². The van der Waals surface area contributed by atoms with Gasteiger partial charge in [0, 0.05) is 10.4 Å². The van der Waals surface area contributed by atoms with Crippen LogP contribution in [-0.4, -0.2) is 12.9 Å². The average molecular weight is 667 g/mol. The molecule has 0 aliphatic rings. The first-order valence-electron chi connectivity index (χ1n) is 9.13. The Morgan fingerprint density at radius 1 is 1.07 bits per heavy atom. The van der Waals surface area contributed by atoms with Crippen molar-refractivity contribution < 1.29 is 14.3 Å². The summed E-state index contributed by atoms with van der Waals surface area (Å²) < 4.78 is 10.9. The minimum atomic E-state index is -1.01. The zero-order valence-electron chi connectivity index (χ0n) is 16.4. The van der Waals surface area contributed by atoms with E-state index in [0.717, 1.165) is 0 Å². The molecule has 0 bridgehead atoms. The van der Waals surface area contributed by atoms with Crippen molar-refractivity contribution in [1.82, 2.24) is 0 Å². The third-order valence-corrected chi connectivity index (χ3v) is 6.90. The maximum Gasteiger partial charge on any atom is 0.308 e. The number of nitrogens with zero attached hydrogens (tertiary/aromatic N) is 1. The SMILES string of the molecule is CC(C)(CC(=O)OC(C#N)c1cccc(Oc2ccccc2)c1)C(Br)CC(Br)(Br)Br. The van der Waals surface area contributed by atoms with Gasteiger partial charge in [0.25, 0.3) is 0 Å². The summed E-state index contributed by atoms with van der Waals surface area (Å²) in [5.41, 5.74) is 0.170. The topological polar surface area (TPSA) is 59.3 Å². The molecule has 30 heavy (non-hydrogen) atoms. The quantitative estimate of drug-likeness (QED) is 0.212. The maximum absolute atomic E-state index is 12.6. The number of carbonyl (C=O) groups is 1. The Bertz CT molecular complexity index is 891. The molecule has 2 atom stereocenters. The zero-order valence-corrected chi connectivity index (χ0v) is 22.8. The lowest BCUT2D eigenvalue weighted by Gasteiger charge is -2.32. The Kier molecular flexibility index (Phi) is 9.41. The summed E-state index contributed by atoms with van der Waals surface area (Å²) >= 11 is 14.1. The predicted molar refractivity (Wildman–Crippen MR) is 133 cm³/mol. The molecule has 2 unspecified atom stereocenters. The van der Waals surface area contributed by atoms with Crippen molar-refractivity contribution in [2.24, 2.45) is 5.41 Å². The fourth-order valence-corrected chi connectivity index (χ4v) is 5.59. The highest BCUT2D eigenvalue weighted by atomic mass is 80.0. The number of hydrogen-bond donors (Lipinski definition) is 0. The molecule has 160 valence electrons. The van der Waals surface area contributed by atoms with E-state index < -0.39 is 19.6 Å². The lowest BCUT2D eigenvalue weighted by atomic mass is 9.84. The lowest BCUT2D eigenvalue weighted by Crippen LogP contribution is -2.31.